The summed E-state index contributed by atoms with van der Waals surface area (Å²) in [6.45, 7) is 3.79. The highest BCUT2D eigenvalue weighted by Gasteiger charge is 2.29. The normalized spacial score (nSPS) is 32.0. The second-order valence-electron chi connectivity index (χ2n) is 6.01. The van der Waals surface area contributed by atoms with Crippen LogP contribution in [0.2, 0.25) is 0 Å². The van der Waals surface area contributed by atoms with Gasteiger partial charge in [0.2, 0.25) is 5.91 Å². The molecule has 0 radical (unpaired) electrons. The molecular formula is C15H28N2O3. The smallest absolute Gasteiger partial charge is 0.249 e. The molecule has 0 bridgehead atoms. The van der Waals surface area contributed by atoms with Crippen LogP contribution in [0.25, 0.3) is 0 Å². The number of carbonyl (C=O) groups excluding carboxylic acids is 1. The number of nitrogens with two attached hydrogens (primary N) is 1. The van der Waals surface area contributed by atoms with Gasteiger partial charge in [-0.25, -0.2) is 0 Å². The van der Waals surface area contributed by atoms with Crippen LogP contribution in [-0.2, 0) is 14.3 Å². The minimum absolute atomic E-state index is 0.0221. The molecule has 3 N–H and O–H groups in total. The highest BCUT2D eigenvalue weighted by molar-refractivity contribution is 5.80. The summed E-state index contributed by atoms with van der Waals surface area (Å²) < 4.78 is 11.3. The lowest BCUT2D eigenvalue weighted by Crippen LogP contribution is -2.45. The molecule has 2 rings (SSSR count). The first-order chi connectivity index (χ1) is 9.70. The van der Waals surface area contributed by atoms with Gasteiger partial charge in [-0.05, 0) is 51.5 Å². The lowest BCUT2D eigenvalue weighted by Gasteiger charge is -2.25. The molecule has 0 aromatic rings. The van der Waals surface area contributed by atoms with Gasteiger partial charge in [-0.2, -0.15) is 0 Å². The largest absolute Gasteiger partial charge is 0.376 e. The molecule has 2 aliphatic rings. The van der Waals surface area contributed by atoms with Crippen LogP contribution in [0.5, 0.6) is 0 Å². The summed E-state index contributed by atoms with van der Waals surface area (Å²) >= 11 is 0. The Bertz CT molecular complexity index is 305. The van der Waals surface area contributed by atoms with Gasteiger partial charge in [0.1, 0.15) is 6.10 Å². The van der Waals surface area contributed by atoms with Gasteiger partial charge in [0.05, 0.1) is 12.7 Å². The summed E-state index contributed by atoms with van der Waals surface area (Å²) in [7, 11) is 0. The third-order valence-electron chi connectivity index (χ3n) is 4.46. The second-order valence-corrected chi connectivity index (χ2v) is 6.01. The predicted octanol–water partition coefficient (Wildman–Crippen LogP) is 1.20. The van der Waals surface area contributed by atoms with Crippen molar-refractivity contribution >= 4 is 5.91 Å². The quantitative estimate of drug-likeness (QED) is 0.769. The third kappa shape index (κ3) is 4.43. The van der Waals surface area contributed by atoms with Gasteiger partial charge in [-0.1, -0.05) is 6.42 Å². The molecule has 5 nitrogen and oxygen atoms in total. The van der Waals surface area contributed by atoms with Crippen LogP contribution < -0.4 is 11.1 Å². The SMILES string of the molecule is CC(OCC1CCCCO1)C(=O)NC1CCCC1CN. The van der Waals surface area contributed by atoms with Gasteiger partial charge < -0.3 is 20.5 Å². The molecule has 2 fully saturated rings. The average molecular weight is 284 g/mol. The Morgan fingerprint density at radius 1 is 1.35 bits per heavy atom. The van der Waals surface area contributed by atoms with Crippen LogP contribution >= 0.6 is 0 Å². The molecule has 0 spiro atoms. The van der Waals surface area contributed by atoms with E-state index in [0.717, 1.165) is 38.7 Å². The fraction of sp³-hybridized carbons (Fsp3) is 0.933. The maximum Gasteiger partial charge on any atom is 0.249 e. The molecule has 0 aromatic heterocycles. The first-order valence-electron chi connectivity index (χ1n) is 7.94. The number of ether oxygens (including phenoxy) is 2. The lowest BCUT2D eigenvalue weighted by atomic mass is 10.0. The monoisotopic (exact) mass is 284 g/mol. The van der Waals surface area contributed by atoms with E-state index >= 15 is 0 Å². The Kier molecular flexibility index (Phi) is 6.26. The third-order valence-corrected chi connectivity index (χ3v) is 4.46. The van der Waals surface area contributed by atoms with Crippen molar-refractivity contribution < 1.29 is 14.3 Å². The van der Waals surface area contributed by atoms with Gasteiger partial charge >= 0.3 is 0 Å². The minimum Gasteiger partial charge on any atom is -0.376 e. The standard InChI is InChI=1S/C15H28N2O3/c1-11(20-10-13-6-2-3-8-19-13)15(18)17-14-7-4-5-12(14)9-16/h11-14H,2-10,16H2,1H3,(H,17,18). The minimum atomic E-state index is -0.417. The number of carbonyl (C=O) groups is 1. The summed E-state index contributed by atoms with van der Waals surface area (Å²) in [5.74, 6) is 0.402. The van der Waals surface area contributed by atoms with E-state index in [1.807, 2.05) is 6.92 Å². The molecule has 1 aliphatic carbocycles. The van der Waals surface area contributed by atoms with Crippen LogP contribution in [0.4, 0.5) is 0 Å². The van der Waals surface area contributed by atoms with Crippen LogP contribution in [0, 0.1) is 5.92 Å². The summed E-state index contributed by atoms with van der Waals surface area (Å²) in [5.41, 5.74) is 5.73. The van der Waals surface area contributed by atoms with Gasteiger partial charge in [-0.15, -0.1) is 0 Å². The van der Waals surface area contributed by atoms with Crippen molar-refractivity contribution in [3.8, 4) is 0 Å². The Morgan fingerprint density at radius 2 is 2.20 bits per heavy atom. The molecule has 1 heterocycles. The Labute approximate surface area is 121 Å². The fourth-order valence-corrected chi connectivity index (χ4v) is 3.08. The maximum absolute atomic E-state index is 12.1. The Balaban J connectivity index is 1.68. The van der Waals surface area contributed by atoms with Gasteiger partial charge in [-0.3, -0.25) is 4.79 Å². The number of amides is 1. The topological polar surface area (TPSA) is 73.6 Å². The molecule has 20 heavy (non-hydrogen) atoms. The zero-order chi connectivity index (χ0) is 14.4. The predicted molar refractivity (Wildman–Crippen MR) is 77.3 cm³/mol. The van der Waals surface area contributed by atoms with Crippen molar-refractivity contribution in [1.82, 2.24) is 5.32 Å². The highest BCUT2D eigenvalue weighted by atomic mass is 16.5. The zero-order valence-electron chi connectivity index (χ0n) is 12.5. The van der Waals surface area contributed by atoms with Crippen molar-refractivity contribution in [2.75, 3.05) is 19.8 Å². The lowest BCUT2D eigenvalue weighted by molar-refractivity contribution is -0.136. The average Bonchev–Trinajstić information content (AvgIpc) is 2.93. The van der Waals surface area contributed by atoms with Crippen LogP contribution in [0.1, 0.15) is 45.4 Å². The van der Waals surface area contributed by atoms with Gasteiger partial charge in [0.25, 0.3) is 0 Å². The van der Waals surface area contributed by atoms with Crippen LogP contribution in [-0.4, -0.2) is 43.9 Å². The van der Waals surface area contributed by atoms with Crippen molar-refractivity contribution in [1.29, 1.82) is 0 Å². The van der Waals surface area contributed by atoms with E-state index in [-0.39, 0.29) is 18.1 Å². The summed E-state index contributed by atoms with van der Waals surface area (Å²) in [4.78, 5) is 12.1. The molecule has 1 aliphatic heterocycles. The summed E-state index contributed by atoms with van der Waals surface area (Å²) in [6.07, 6.45) is 6.40. The molecule has 4 atom stereocenters. The van der Waals surface area contributed by atoms with Gasteiger partial charge in [0.15, 0.2) is 0 Å². The first-order valence-corrected chi connectivity index (χ1v) is 7.94. The Hall–Kier alpha value is -0.650. The molecule has 4 unspecified atom stereocenters. The summed E-state index contributed by atoms with van der Waals surface area (Å²) in [6, 6.07) is 0.226. The van der Waals surface area contributed by atoms with E-state index in [0.29, 0.717) is 19.1 Å². The molecule has 116 valence electrons. The number of hydrogen-bond acceptors (Lipinski definition) is 4. The molecule has 1 saturated carbocycles. The molecule has 1 amide bonds. The number of rotatable bonds is 6. The van der Waals surface area contributed by atoms with Crippen LogP contribution in [0.3, 0.4) is 0 Å². The van der Waals surface area contributed by atoms with E-state index in [2.05, 4.69) is 5.32 Å². The van der Waals surface area contributed by atoms with Crippen molar-refractivity contribution in [3.63, 3.8) is 0 Å². The second kappa shape index (κ2) is 7.96. The van der Waals surface area contributed by atoms with E-state index in [1.165, 1.54) is 6.42 Å². The maximum atomic E-state index is 12.1. The van der Waals surface area contributed by atoms with E-state index in [4.69, 9.17) is 15.2 Å². The first kappa shape index (κ1) is 15.7. The van der Waals surface area contributed by atoms with E-state index in [9.17, 15) is 4.79 Å². The van der Waals surface area contributed by atoms with Gasteiger partial charge in [0, 0.05) is 12.6 Å². The molecule has 0 aromatic carbocycles. The fourth-order valence-electron chi connectivity index (χ4n) is 3.08. The summed E-state index contributed by atoms with van der Waals surface area (Å²) in [5, 5.41) is 3.08. The number of hydrogen-bond donors (Lipinski definition) is 2. The highest BCUT2D eigenvalue weighted by Crippen LogP contribution is 2.24. The number of nitrogens with one attached hydrogen (secondary N) is 1. The molecule has 1 saturated heterocycles. The van der Waals surface area contributed by atoms with Crippen molar-refractivity contribution in [2.24, 2.45) is 11.7 Å². The Morgan fingerprint density at radius 3 is 2.90 bits per heavy atom. The van der Waals surface area contributed by atoms with Crippen molar-refractivity contribution in [2.45, 2.75) is 63.7 Å². The molecular weight excluding hydrogens is 256 g/mol. The van der Waals surface area contributed by atoms with E-state index in [1.54, 1.807) is 0 Å². The van der Waals surface area contributed by atoms with Crippen LogP contribution in [0.15, 0.2) is 0 Å². The van der Waals surface area contributed by atoms with E-state index < -0.39 is 6.10 Å². The van der Waals surface area contributed by atoms with Crippen molar-refractivity contribution in [3.05, 3.63) is 0 Å². The zero-order valence-corrected chi connectivity index (χ0v) is 12.5. The molecule has 5 heteroatoms.